The van der Waals surface area contributed by atoms with Crippen LogP contribution in [0.3, 0.4) is 0 Å². The molecule has 0 radical (unpaired) electrons. The average molecular weight is 167 g/mol. The van der Waals surface area contributed by atoms with Crippen LogP contribution in [0.4, 0.5) is 0 Å². The molecular formula is CH9N7O3. The Bertz CT molecular complexity index is 137. The lowest BCUT2D eigenvalue weighted by Crippen LogP contribution is -2.48. The Labute approximate surface area is 61.1 Å². The molecule has 10 nitrogen and oxygen atoms in total. The summed E-state index contributed by atoms with van der Waals surface area (Å²) in [5.41, 5.74) is 4.92. The molecule has 0 atom stereocenters. The largest absolute Gasteiger partial charge is 0.366 e. The van der Waals surface area contributed by atoms with Crippen molar-refractivity contribution in [2.75, 3.05) is 0 Å². The van der Waals surface area contributed by atoms with Crippen LogP contribution in [-0.2, 0) is 0 Å². The quantitative estimate of drug-likeness (QED) is 0.0824. The summed E-state index contributed by atoms with van der Waals surface area (Å²) >= 11 is 0. The standard InChI is InChI=1S/CH8N6.HNO3/c2-1(6-3)7(4)5;2-1(3)4/h3-5H2,(H2,2,6);(H,2,3,4). The normalized spacial score (nSPS) is 9.45. The van der Waals surface area contributed by atoms with Crippen molar-refractivity contribution in [2.45, 2.75) is 0 Å². The summed E-state index contributed by atoms with van der Waals surface area (Å²) < 4.78 is 0. The number of hydrogen-bond acceptors (Lipinski definition) is 6. The van der Waals surface area contributed by atoms with Gasteiger partial charge in [0.1, 0.15) is 0 Å². The van der Waals surface area contributed by atoms with Gasteiger partial charge in [-0.15, -0.1) is 15.2 Å². The number of hydrazine groups is 2. The van der Waals surface area contributed by atoms with Crippen molar-refractivity contribution in [1.82, 2.24) is 5.12 Å². The lowest BCUT2D eigenvalue weighted by atomic mass is 11.0. The van der Waals surface area contributed by atoms with Crippen LogP contribution in [0.15, 0.2) is 5.10 Å². The van der Waals surface area contributed by atoms with E-state index in [1.807, 2.05) is 0 Å². The second-order valence-corrected chi connectivity index (χ2v) is 1.13. The predicted molar refractivity (Wildman–Crippen MR) is 34.8 cm³/mol. The molecule has 0 aliphatic rings. The Morgan fingerprint density at radius 1 is 1.64 bits per heavy atom. The van der Waals surface area contributed by atoms with Crippen LogP contribution in [0.5, 0.6) is 0 Å². The van der Waals surface area contributed by atoms with E-state index in [9.17, 15) is 0 Å². The van der Waals surface area contributed by atoms with E-state index in [0.717, 1.165) is 0 Å². The molecule has 0 aromatic rings. The molecule has 0 unspecified atom stereocenters. The first-order valence-electron chi connectivity index (χ1n) is 2.08. The summed E-state index contributed by atoms with van der Waals surface area (Å²) in [5, 5.41) is 17.2. The maximum absolute atomic E-state index is 8.36. The van der Waals surface area contributed by atoms with Crippen molar-refractivity contribution >= 4 is 5.96 Å². The van der Waals surface area contributed by atoms with Crippen molar-refractivity contribution in [3.63, 3.8) is 0 Å². The summed E-state index contributed by atoms with van der Waals surface area (Å²) in [7, 11) is 0. The van der Waals surface area contributed by atoms with Gasteiger partial charge in [0.25, 0.3) is 5.09 Å². The van der Waals surface area contributed by atoms with Gasteiger partial charge >= 0.3 is 0 Å². The Morgan fingerprint density at radius 2 is 1.91 bits per heavy atom. The molecule has 0 aromatic carbocycles. The van der Waals surface area contributed by atoms with Gasteiger partial charge in [-0.1, -0.05) is 0 Å². The number of hydrazone groups is 1. The lowest BCUT2D eigenvalue weighted by Gasteiger charge is -2.06. The van der Waals surface area contributed by atoms with Crippen LogP contribution < -0.4 is 23.3 Å². The minimum absolute atomic E-state index is 0.111. The molecule has 0 spiro atoms. The highest BCUT2D eigenvalue weighted by Crippen LogP contribution is 1.55. The monoisotopic (exact) mass is 167 g/mol. The number of guanidine groups is 1. The molecule has 0 saturated heterocycles. The third kappa shape index (κ3) is 17.9. The first-order valence-corrected chi connectivity index (χ1v) is 2.08. The molecule has 0 aromatic heterocycles. The van der Waals surface area contributed by atoms with E-state index in [-0.39, 0.29) is 5.96 Å². The molecule has 0 fully saturated rings. The fourth-order valence-electron chi connectivity index (χ4n) is 0.0667. The second-order valence-electron chi connectivity index (χ2n) is 1.13. The molecular weight excluding hydrogens is 158 g/mol. The average Bonchev–Trinajstić information content (AvgIpc) is 1.85. The van der Waals surface area contributed by atoms with Gasteiger partial charge in [0, 0.05) is 0 Å². The maximum atomic E-state index is 8.36. The highest BCUT2D eigenvalue weighted by atomic mass is 16.9. The topological polar surface area (TPSA) is 183 Å². The molecule has 0 bridgehead atoms. The van der Waals surface area contributed by atoms with Crippen molar-refractivity contribution in [1.29, 1.82) is 0 Å². The van der Waals surface area contributed by atoms with Crippen LogP contribution in [0.25, 0.3) is 0 Å². The maximum Gasteiger partial charge on any atom is 0.291 e. The molecule has 0 amide bonds. The van der Waals surface area contributed by atoms with Crippen molar-refractivity contribution in [2.24, 2.45) is 28.4 Å². The Hall–Kier alpha value is -1.81. The Kier molecular flexibility index (Phi) is 6.84. The van der Waals surface area contributed by atoms with Gasteiger partial charge < -0.3 is 16.8 Å². The van der Waals surface area contributed by atoms with E-state index >= 15 is 0 Å². The molecule has 0 aliphatic heterocycles. The van der Waals surface area contributed by atoms with E-state index in [1.165, 1.54) is 0 Å². The van der Waals surface area contributed by atoms with Crippen molar-refractivity contribution < 1.29 is 10.3 Å². The summed E-state index contributed by atoms with van der Waals surface area (Å²) in [6.45, 7) is 0. The highest BCUT2D eigenvalue weighted by molar-refractivity contribution is 5.76. The molecule has 0 saturated carbocycles. The van der Waals surface area contributed by atoms with Crippen molar-refractivity contribution in [3.05, 3.63) is 10.1 Å². The molecule has 0 heterocycles. The molecule has 0 rings (SSSR count). The van der Waals surface area contributed by atoms with Gasteiger partial charge in [-0.2, -0.15) is 0 Å². The van der Waals surface area contributed by atoms with E-state index in [0.29, 0.717) is 5.12 Å². The second kappa shape index (κ2) is 6.31. The lowest BCUT2D eigenvalue weighted by molar-refractivity contribution is -0.742. The van der Waals surface area contributed by atoms with Gasteiger partial charge in [-0.3, -0.25) is 0 Å². The molecule has 0 aliphatic carbocycles. The molecule has 66 valence electrons. The Morgan fingerprint density at radius 3 is 1.91 bits per heavy atom. The molecule has 10 heteroatoms. The number of nitrogens with two attached hydrogens (primary N) is 4. The van der Waals surface area contributed by atoms with Gasteiger partial charge in [0.15, 0.2) is 0 Å². The minimum atomic E-state index is -1.50. The summed E-state index contributed by atoms with van der Waals surface area (Å²) in [4.78, 5) is 8.36. The number of nitrogens with zero attached hydrogens (tertiary/aromatic N) is 3. The van der Waals surface area contributed by atoms with Crippen molar-refractivity contribution in [3.8, 4) is 0 Å². The van der Waals surface area contributed by atoms with E-state index in [2.05, 4.69) is 10.9 Å². The van der Waals surface area contributed by atoms with Crippen LogP contribution in [0.1, 0.15) is 0 Å². The fraction of sp³-hybridized carbons (Fsp3) is 0. The number of hydrogen-bond donors (Lipinski definition) is 5. The highest BCUT2D eigenvalue weighted by Gasteiger charge is 1.88. The van der Waals surface area contributed by atoms with Crippen LogP contribution in [-0.4, -0.2) is 21.4 Å². The van der Waals surface area contributed by atoms with Crippen LogP contribution >= 0.6 is 0 Å². The summed E-state index contributed by atoms with van der Waals surface area (Å²) in [5.74, 6) is 14.2. The zero-order chi connectivity index (χ0) is 9.44. The Balaban J connectivity index is 0. The van der Waals surface area contributed by atoms with Gasteiger partial charge in [0.05, 0.1) is 0 Å². The third-order valence-corrected chi connectivity index (χ3v) is 0.397. The minimum Gasteiger partial charge on any atom is -0.366 e. The molecule has 11 heavy (non-hydrogen) atoms. The summed E-state index contributed by atoms with van der Waals surface area (Å²) in [6, 6.07) is 0. The van der Waals surface area contributed by atoms with Gasteiger partial charge in [0.2, 0.25) is 5.96 Å². The predicted octanol–water partition coefficient (Wildman–Crippen LogP) is -3.12. The van der Waals surface area contributed by atoms with Gasteiger partial charge in [-0.25, -0.2) is 16.8 Å². The van der Waals surface area contributed by atoms with E-state index < -0.39 is 5.09 Å². The van der Waals surface area contributed by atoms with Gasteiger partial charge in [-0.05, 0) is 0 Å². The third-order valence-electron chi connectivity index (χ3n) is 0.397. The first-order chi connectivity index (χ1) is 4.91. The molecule has 9 N–H and O–H groups in total. The zero-order valence-corrected chi connectivity index (χ0v) is 5.41. The SMILES string of the molecule is NN=C(N)N(N)N.O=[N+]([O-])O. The number of rotatable bonds is 0. The van der Waals surface area contributed by atoms with E-state index in [4.69, 9.17) is 32.7 Å². The van der Waals surface area contributed by atoms with Crippen LogP contribution in [0.2, 0.25) is 0 Å². The smallest absolute Gasteiger partial charge is 0.291 e. The van der Waals surface area contributed by atoms with Crippen LogP contribution in [0, 0.1) is 10.1 Å². The fourth-order valence-corrected chi connectivity index (χ4v) is 0.0667. The summed E-state index contributed by atoms with van der Waals surface area (Å²) in [6.07, 6.45) is 0. The zero-order valence-electron chi connectivity index (χ0n) is 5.41. The van der Waals surface area contributed by atoms with E-state index in [1.54, 1.807) is 0 Å². The first kappa shape index (κ1) is 11.9.